The highest BCUT2D eigenvalue weighted by Gasteiger charge is 2.17. The van der Waals surface area contributed by atoms with E-state index >= 15 is 0 Å². The van der Waals surface area contributed by atoms with Gasteiger partial charge in [0, 0.05) is 53.3 Å². The summed E-state index contributed by atoms with van der Waals surface area (Å²) in [6.45, 7) is 0. The molecule has 3 aromatic heterocycles. The second kappa shape index (κ2) is 10.0. The molecule has 206 valence electrons. The zero-order valence-corrected chi connectivity index (χ0v) is 23.6. The van der Waals surface area contributed by atoms with Crippen LogP contribution < -0.4 is 0 Å². The van der Waals surface area contributed by atoms with E-state index in [1.807, 2.05) is 72.8 Å². The van der Waals surface area contributed by atoms with Crippen LogP contribution in [-0.2, 0) is 0 Å². The van der Waals surface area contributed by atoms with E-state index in [0.29, 0.717) is 16.8 Å². The molecule has 44 heavy (non-hydrogen) atoms. The molecular formula is C40H25N3S. The van der Waals surface area contributed by atoms with Crippen LogP contribution in [0, 0.1) is 0 Å². The van der Waals surface area contributed by atoms with Crippen LogP contribution >= 0.6 is 11.3 Å². The molecule has 0 radical (unpaired) electrons. The van der Waals surface area contributed by atoms with Crippen molar-refractivity contribution in [2.75, 3.05) is 0 Å². The normalized spacial score (nSPS) is 15.5. The van der Waals surface area contributed by atoms with Crippen molar-refractivity contribution >= 4 is 53.3 Å². The van der Waals surface area contributed by atoms with Gasteiger partial charge in [0.1, 0.15) is 0 Å². The van der Waals surface area contributed by atoms with Crippen molar-refractivity contribution in [3.05, 3.63) is 151 Å². The van der Waals surface area contributed by atoms with Gasteiger partial charge in [0.15, 0.2) is 5.82 Å². The van der Waals surface area contributed by atoms with Crippen LogP contribution in [0.1, 0.15) is 16.4 Å². The lowest BCUT2D eigenvalue weighted by atomic mass is 10.0. The second-order valence-corrected chi connectivity index (χ2v) is 11.2. The summed E-state index contributed by atoms with van der Waals surface area (Å²) in [5.74, 6) is 0.287. The number of rotatable bonds is 4. The maximum absolute atomic E-state index is 9.78. The first-order valence-electron chi connectivity index (χ1n) is 19.8. The Morgan fingerprint density at radius 1 is 0.568 bits per heavy atom. The Morgan fingerprint density at radius 3 is 2.18 bits per heavy atom. The third kappa shape index (κ3) is 3.96. The molecule has 0 aliphatic rings. The first kappa shape index (κ1) is 15.8. The molecule has 0 aliphatic heterocycles. The number of aromatic nitrogens is 3. The maximum Gasteiger partial charge on any atom is 0.161 e. The van der Waals surface area contributed by atoms with Crippen LogP contribution in [0.4, 0.5) is 0 Å². The SMILES string of the molecule is [2H]c1c([2H])c([2H])c(-n2c3c([2H])c([2H])c([2H])c([2H])c3c3c([2H])c([2H])c(-c4cc(-c5ccccc5)nc(-c5cccc6c5sc5ccccc56)n4)c([2H])c32)c([2H])c1[2H]. The van der Waals surface area contributed by atoms with Gasteiger partial charge in [-0.25, -0.2) is 9.97 Å². The van der Waals surface area contributed by atoms with Gasteiger partial charge in [-0.3, -0.25) is 0 Å². The molecule has 0 spiro atoms. The second-order valence-electron chi connectivity index (χ2n) is 10.1. The zero-order valence-electron chi connectivity index (χ0n) is 34.8. The Balaban J connectivity index is 1.45. The molecule has 3 nitrogen and oxygen atoms in total. The summed E-state index contributed by atoms with van der Waals surface area (Å²) < 4.78 is 109. The van der Waals surface area contributed by atoms with E-state index < -0.39 is 78.2 Å². The van der Waals surface area contributed by atoms with E-state index in [1.165, 1.54) is 0 Å². The van der Waals surface area contributed by atoms with Gasteiger partial charge in [-0.1, -0.05) is 109 Å². The van der Waals surface area contributed by atoms with Gasteiger partial charge in [-0.2, -0.15) is 0 Å². The van der Waals surface area contributed by atoms with Gasteiger partial charge in [-0.05, 0) is 42.4 Å². The highest BCUT2D eigenvalue weighted by molar-refractivity contribution is 7.26. The van der Waals surface area contributed by atoms with Crippen molar-refractivity contribution in [3.63, 3.8) is 0 Å². The molecule has 0 N–H and O–H groups in total. The lowest BCUT2D eigenvalue weighted by Crippen LogP contribution is -1.97. The molecule has 3 heterocycles. The van der Waals surface area contributed by atoms with Gasteiger partial charge in [0.2, 0.25) is 0 Å². The van der Waals surface area contributed by atoms with Gasteiger partial charge >= 0.3 is 0 Å². The van der Waals surface area contributed by atoms with E-state index in [-0.39, 0.29) is 38.9 Å². The van der Waals surface area contributed by atoms with Crippen LogP contribution in [0.5, 0.6) is 0 Å². The topological polar surface area (TPSA) is 30.7 Å². The van der Waals surface area contributed by atoms with Crippen LogP contribution in [0.2, 0.25) is 0 Å². The van der Waals surface area contributed by atoms with Crippen molar-refractivity contribution in [3.8, 4) is 39.6 Å². The third-order valence-electron chi connectivity index (χ3n) is 7.57. The smallest absolute Gasteiger partial charge is 0.161 e. The van der Waals surface area contributed by atoms with Crippen molar-refractivity contribution in [1.82, 2.24) is 14.5 Å². The van der Waals surface area contributed by atoms with Gasteiger partial charge in [-0.15, -0.1) is 11.3 Å². The molecule has 0 fully saturated rings. The Kier molecular flexibility index (Phi) is 3.59. The van der Waals surface area contributed by atoms with Crippen LogP contribution in [-0.4, -0.2) is 14.5 Å². The number of thiophene rings is 1. The molecule has 0 bridgehead atoms. The van der Waals surface area contributed by atoms with Crippen LogP contribution in [0.25, 0.3) is 81.6 Å². The van der Waals surface area contributed by atoms with Crippen molar-refractivity contribution < 1.29 is 16.4 Å². The fourth-order valence-corrected chi connectivity index (χ4v) is 6.81. The monoisotopic (exact) mass is 591 g/mol. The molecule has 0 saturated carbocycles. The van der Waals surface area contributed by atoms with Crippen molar-refractivity contribution in [2.45, 2.75) is 0 Å². The van der Waals surface area contributed by atoms with Gasteiger partial charge < -0.3 is 4.57 Å². The maximum atomic E-state index is 9.78. The largest absolute Gasteiger partial charge is 0.309 e. The average molecular weight is 592 g/mol. The number of benzene rings is 6. The minimum atomic E-state index is -0.699. The predicted molar refractivity (Wildman–Crippen MR) is 186 cm³/mol. The highest BCUT2D eigenvalue weighted by atomic mass is 32.1. The molecule has 0 amide bonds. The Morgan fingerprint density at radius 2 is 1.30 bits per heavy atom. The summed E-state index contributed by atoms with van der Waals surface area (Å²) >= 11 is 1.58. The summed E-state index contributed by atoms with van der Waals surface area (Å²) in [4.78, 5) is 9.93. The molecule has 9 aromatic rings. The number of para-hydroxylation sites is 2. The first-order chi connectivity index (χ1) is 26.8. The molecule has 4 heteroatoms. The summed E-state index contributed by atoms with van der Waals surface area (Å²) in [6.07, 6.45) is 0. The minimum absolute atomic E-state index is 0.0924. The Labute approximate surface area is 275 Å². The quantitative estimate of drug-likeness (QED) is 0.204. The predicted octanol–water partition coefficient (Wildman–Crippen LogP) is 10.9. The summed E-state index contributed by atoms with van der Waals surface area (Å²) in [6, 6.07) is 17.4. The number of hydrogen-bond acceptors (Lipinski definition) is 3. The van der Waals surface area contributed by atoms with Gasteiger partial charge in [0.25, 0.3) is 0 Å². The van der Waals surface area contributed by atoms with E-state index in [9.17, 15) is 4.11 Å². The minimum Gasteiger partial charge on any atom is -0.309 e. The summed E-state index contributed by atoms with van der Waals surface area (Å²) in [5.41, 5.74) is 0.811. The molecule has 0 aliphatic carbocycles. The van der Waals surface area contributed by atoms with Crippen LogP contribution in [0.15, 0.2) is 151 Å². The summed E-state index contributed by atoms with van der Waals surface area (Å²) in [7, 11) is 0. The van der Waals surface area contributed by atoms with E-state index in [4.69, 9.17) is 22.3 Å². The van der Waals surface area contributed by atoms with Gasteiger partial charge in [0.05, 0.1) is 38.9 Å². The molecule has 0 unspecified atom stereocenters. The fraction of sp³-hybridized carbons (Fsp3) is 0. The number of nitrogens with zero attached hydrogens (tertiary/aromatic N) is 3. The van der Waals surface area contributed by atoms with Crippen molar-refractivity contribution in [2.24, 2.45) is 0 Å². The molecule has 9 rings (SSSR count). The Hall–Kier alpha value is -5.58. The summed E-state index contributed by atoms with van der Waals surface area (Å²) in [5, 5.41) is 1.64. The number of fused-ring (bicyclic) bond motifs is 6. The first-order valence-corrected chi connectivity index (χ1v) is 14.6. The van der Waals surface area contributed by atoms with E-state index in [1.54, 1.807) is 17.4 Å². The Bertz CT molecular complexity index is 3150. The fourth-order valence-electron chi connectivity index (χ4n) is 5.59. The van der Waals surface area contributed by atoms with Crippen molar-refractivity contribution in [1.29, 1.82) is 0 Å². The third-order valence-corrected chi connectivity index (χ3v) is 8.78. The highest BCUT2D eigenvalue weighted by Crippen LogP contribution is 2.40. The molecular weight excluding hydrogens is 555 g/mol. The molecule has 0 saturated heterocycles. The average Bonchev–Trinajstić information content (AvgIpc) is 3.77. The lowest BCUT2D eigenvalue weighted by Gasteiger charge is -2.11. The molecule has 0 atom stereocenters. The zero-order chi connectivity index (χ0) is 39.5. The lowest BCUT2D eigenvalue weighted by molar-refractivity contribution is 1.17. The number of hydrogen-bond donors (Lipinski definition) is 0. The van der Waals surface area contributed by atoms with E-state index in [0.717, 1.165) is 24.7 Å². The molecule has 6 aromatic carbocycles. The van der Waals surface area contributed by atoms with Crippen LogP contribution in [0.3, 0.4) is 0 Å². The standard InChI is InChI=1S/C40H25N3S/c1-3-12-26(13-4-1)34-25-35(42-40(41-34)33-19-11-18-32-31-17-8-10-21-38(31)44-39(32)33)27-22-23-30-29-16-7-9-20-36(29)43(37(30)24-27)28-14-5-2-6-15-28/h1-25H/i2D,5D,6D,7D,9D,14D,15D,16D,20D,22D,23D,24D. The van der Waals surface area contributed by atoms with E-state index in [2.05, 4.69) is 0 Å².